The molecule has 7 heteroatoms. The van der Waals surface area contributed by atoms with Crippen LogP contribution in [0.1, 0.15) is 43.6 Å². The number of nitrogens with zero attached hydrogens (tertiary/aromatic N) is 3. The van der Waals surface area contributed by atoms with Gasteiger partial charge in [0.05, 0.1) is 0 Å². The fourth-order valence-corrected chi connectivity index (χ4v) is 2.55. The molecule has 1 fully saturated rings. The van der Waals surface area contributed by atoms with Gasteiger partial charge in [-0.2, -0.15) is 0 Å². The van der Waals surface area contributed by atoms with Crippen molar-refractivity contribution in [3.8, 4) is 0 Å². The van der Waals surface area contributed by atoms with Crippen LogP contribution in [0.5, 0.6) is 0 Å². The smallest absolute Gasteiger partial charge is 0.329 e. The Labute approximate surface area is 123 Å². The Morgan fingerprint density at radius 1 is 1.38 bits per heavy atom. The molecule has 1 aliphatic heterocycles. The third kappa shape index (κ3) is 2.96. The van der Waals surface area contributed by atoms with Gasteiger partial charge >= 0.3 is 5.97 Å². The molecule has 21 heavy (non-hydrogen) atoms. The fraction of sp³-hybridized carbons (Fsp3) is 0.571. The second-order valence-electron chi connectivity index (χ2n) is 5.32. The van der Waals surface area contributed by atoms with Gasteiger partial charge in [0, 0.05) is 13.1 Å². The number of piperidine rings is 1. The highest BCUT2D eigenvalue weighted by Crippen LogP contribution is 2.31. The average Bonchev–Trinajstić information content (AvgIpc) is 2.48. The van der Waals surface area contributed by atoms with Gasteiger partial charge in [-0.05, 0) is 45.2 Å². The van der Waals surface area contributed by atoms with E-state index in [4.69, 9.17) is 0 Å². The van der Waals surface area contributed by atoms with Gasteiger partial charge in [0.2, 0.25) is 0 Å². The van der Waals surface area contributed by atoms with Crippen LogP contribution in [-0.2, 0) is 4.79 Å². The zero-order valence-corrected chi connectivity index (χ0v) is 12.3. The molecule has 0 saturated carbocycles. The minimum absolute atomic E-state index is 0.231. The summed E-state index contributed by atoms with van der Waals surface area (Å²) < 4.78 is 0. The number of hydrogen-bond acceptors (Lipinski definition) is 5. The first-order valence-electron chi connectivity index (χ1n) is 7.12. The highest BCUT2D eigenvalue weighted by molar-refractivity contribution is 5.92. The molecule has 1 aromatic heterocycles. The first kappa shape index (κ1) is 15.2. The topological polar surface area (TPSA) is 95.4 Å². The van der Waals surface area contributed by atoms with E-state index < -0.39 is 11.5 Å². The van der Waals surface area contributed by atoms with E-state index in [2.05, 4.69) is 15.5 Å². The van der Waals surface area contributed by atoms with Crippen LogP contribution in [0.4, 0.5) is 5.82 Å². The van der Waals surface area contributed by atoms with E-state index in [-0.39, 0.29) is 11.6 Å². The number of amides is 1. The van der Waals surface area contributed by atoms with Crippen LogP contribution in [0, 0.1) is 0 Å². The molecule has 0 bridgehead atoms. The summed E-state index contributed by atoms with van der Waals surface area (Å²) in [5, 5.41) is 20.1. The van der Waals surface area contributed by atoms with E-state index in [0.29, 0.717) is 25.3 Å². The monoisotopic (exact) mass is 292 g/mol. The summed E-state index contributed by atoms with van der Waals surface area (Å²) in [7, 11) is 0. The van der Waals surface area contributed by atoms with Crippen LogP contribution in [-0.4, -0.2) is 45.8 Å². The van der Waals surface area contributed by atoms with E-state index >= 15 is 0 Å². The van der Waals surface area contributed by atoms with Gasteiger partial charge in [-0.3, -0.25) is 4.79 Å². The van der Waals surface area contributed by atoms with Gasteiger partial charge < -0.3 is 15.3 Å². The Kier molecular flexibility index (Phi) is 4.40. The van der Waals surface area contributed by atoms with E-state index in [1.54, 1.807) is 24.0 Å². The molecule has 2 N–H and O–H groups in total. The molecule has 1 aliphatic rings. The second-order valence-corrected chi connectivity index (χ2v) is 5.32. The molecule has 0 radical (unpaired) electrons. The number of carboxylic acids is 1. The average molecular weight is 292 g/mol. The number of anilines is 1. The molecule has 2 rings (SSSR count). The van der Waals surface area contributed by atoms with Crippen LogP contribution >= 0.6 is 0 Å². The maximum atomic E-state index is 11.6. The summed E-state index contributed by atoms with van der Waals surface area (Å²) in [4.78, 5) is 25.0. The van der Waals surface area contributed by atoms with Crippen molar-refractivity contribution in [3.05, 3.63) is 17.8 Å². The molecule has 7 nitrogen and oxygen atoms in total. The molecule has 1 unspecified atom stereocenters. The van der Waals surface area contributed by atoms with E-state index in [1.807, 2.05) is 6.92 Å². The quantitative estimate of drug-likeness (QED) is 0.861. The van der Waals surface area contributed by atoms with Crippen molar-refractivity contribution in [2.75, 3.05) is 18.0 Å². The number of rotatable bonds is 4. The highest BCUT2D eigenvalue weighted by atomic mass is 16.4. The Bertz CT molecular complexity index is 532. The molecule has 1 amide bonds. The lowest BCUT2D eigenvalue weighted by molar-refractivity contribution is -0.143. The Balaban J connectivity index is 2.24. The van der Waals surface area contributed by atoms with Gasteiger partial charge in [-0.25, -0.2) is 4.79 Å². The summed E-state index contributed by atoms with van der Waals surface area (Å²) in [5.41, 5.74) is -0.741. The lowest BCUT2D eigenvalue weighted by Gasteiger charge is -2.42. The number of carbonyl (C=O) groups is 2. The highest BCUT2D eigenvalue weighted by Gasteiger charge is 2.42. The molecule has 1 saturated heterocycles. The first-order chi connectivity index (χ1) is 9.99. The van der Waals surface area contributed by atoms with E-state index in [1.165, 1.54) is 0 Å². The number of aromatic nitrogens is 2. The predicted octanol–water partition coefficient (Wildman–Crippen LogP) is 1.06. The molecular formula is C14H20N4O3. The van der Waals surface area contributed by atoms with Crippen LogP contribution in [0.2, 0.25) is 0 Å². The molecule has 0 spiro atoms. The van der Waals surface area contributed by atoms with Crippen LogP contribution < -0.4 is 10.2 Å². The van der Waals surface area contributed by atoms with Gasteiger partial charge in [0.25, 0.3) is 5.91 Å². The molecule has 1 atom stereocenters. The zero-order chi connectivity index (χ0) is 15.5. The molecule has 1 aromatic rings. The normalized spacial score (nSPS) is 21.9. The van der Waals surface area contributed by atoms with Crippen molar-refractivity contribution in [2.45, 2.75) is 38.6 Å². The Morgan fingerprint density at radius 2 is 2.14 bits per heavy atom. The van der Waals surface area contributed by atoms with E-state index in [0.717, 1.165) is 12.8 Å². The zero-order valence-electron chi connectivity index (χ0n) is 12.3. The molecule has 0 aliphatic carbocycles. The standard InChI is InChI=1S/C14H20N4O3/c1-3-15-12(19)10-6-7-11(17-16-10)18-9-5-4-8-14(18,2)13(20)21/h6-7H,3-5,8-9H2,1-2H3,(H,15,19)(H,20,21). The van der Waals surface area contributed by atoms with E-state index in [9.17, 15) is 14.7 Å². The largest absolute Gasteiger partial charge is 0.480 e. The van der Waals surface area contributed by atoms with Crippen molar-refractivity contribution in [3.63, 3.8) is 0 Å². The number of carboxylic acid groups (broad SMARTS) is 1. The van der Waals surface area contributed by atoms with Crippen LogP contribution in [0.25, 0.3) is 0 Å². The third-order valence-electron chi connectivity index (χ3n) is 3.85. The van der Waals surface area contributed by atoms with Crippen LogP contribution in [0.15, 0.2) is 12.1 Å². The number of carbonyl (C=O) groups excluding carboxylic acids is 1. The summed E-state index contributed by atoms with van der Waals surface area (Å²) >= 11 is 0. The third-order valence-corrected chi connectivity index (χ3v) is 3.85. The van der Waals surface area contributed by atoms with Gasteiger partial charge in [-0.1, -0.05) is 0 Å². The minimum atomic E-state index is -0.972. The number of hydrogen-bond donors (Lipinski definition) is 2. The molecule has 2 heterocycles. The summed E-state index contributed by atoms with van der Waals surface area (Å²) in [6.07, 6.45) is 2.37. The molecule has 114 valence electrons. The predicted molar refractivity (Wildman–Crippen MR) is 77.3 cm³/mol. The minimum Gasteiger partial charge on any atom is -0.480 e. The SMILES string of the molecule is CCNC(=O)c1ccc(N2CCCCC2(C)C(=O)O)nn1. The van der Waals surface area contributed by atoms with Gasteiger partial charge in [0.15, 0.2) is 11.5 Å². The van der Waals surface area contributed by atoms with Crippen molar-refractivity contribution >= 4 is 17.7 Å². The Hall–Kier alpha value is -2.18. The van der Waals surface area contributed by atoms with Crippen molar-refractivity contribution in [1.29, 1.82) is 0 Å². The maximum absolute atomic E-state index is 11.6. The summed E-state index contributed by atoms with van der Waals surface area (Å²) in [6, 6.07) is 3.23. The summed E-state index contributed by atoms with van der Waals surface area (Å²) in [5.74, 6) is -0.652. The van der Waals surface area contributed by atoms with Gasteiger partial charge in [0.1, 0.15) is 5.54 Å². The van der Waals surface area contributed by atoms with Crippen molar-refractivity contribution in [2.24, 2.45) is 0 Å². The summed E-state index contributed by atoms with van der Waals surface area (Å²) in [6.45, 7) is 4.67. The molecule has 0 aromatic carbocycles. The number of nitrogens with one attached hydrogen (secondary N) is 1. The van der Waals surface area contributed by atoms with Crippen molar-refractivity contribution in [1.82, 2.24) is 15.5 Å². The Morgan fingerprint density at radius 3 is 2.71 bits per heavy atom. The van der Waals surface area contributed by atoms with Crippen molar-refractivity contribution < 1.29 is 14.7 Å². The maximum Gasteiger partial charge on any atom is 0.329 e. The molecular weight excluding hydrogens is 272 g/mol. The lowest BCUT2D eigenvalue weighted by atomic mass is 9.88. The van der Waals surface area contributed by atoms with Crippen LogP contribution in [0.3, 0.4) is 0 Å². The van der Waals surface area contributed by atoms with Gasteiger partial charge in [-0.15, -0.1) is 10.2 Å². The lowest BCUT2D eigenvalue weighted by Crippen LogP contribution is -2.55. The number of aliphatic carboxylic acids is 1. The first-order valence-corrected chi connectivity index (χ1v) is 7.12. The second kappa shape index (κ2) is 6.07. The fourth-order valence-electron chi connectivity index (χ4n) is 2.55.